The lowest BCUT2D eigenvalue weighted by Gasteiger charge is -2.25. The van der Waals surface area contributed by atoms with Crippen LogP contribution in [-0.4, -0.2) is 12.6 Å². The zero-order valence-corrected chi connectivity index (χ0v) is 8.13. The molecule has 2 nitrogen and oxygen atoms in total. The van der Waals surface area contributed by atoms with E-state index in [1.165, 1.54) is 5.56 Å². The number of hydrogen-bond donors (Lipinski definition) is 1. The van der Waals surface area contributed by atoms with Crippen LogP contribution in [0.1, 0.15) is 19.4 Å². The molecule has 0 saturated heterocycles. The maximum Gasteiger partial charge on any atom is 0.142 e. The van der Waals surface area contributed by atoms with Gasteiger partial charge in [0, 0.05) is 0 Å². The lowest BCUT2D eigenvalue weighted by atomic mass is 10.1. The summed E-state index contributed by atoms with van der Waals surface area (Å²) in [5, 5.41) is 3.41. The summed E-state index contributed by atoms with van der Waals surface area (Å²) in [7, 11) is 0. The zero-order chi connectivity index (χ0) is 9.26. The summed E-state index contributed by atoms with van der Waals surface area (Å²) >= 11 is 0. The largest absolute Gasteiger partial charge is 0.489 e. The lowest BCUT2D eigenvalue weighted by molar-refractivity contribution is 0.292. The summed E-state index contributed by atoms with van der Waals surface area (Å²) < 4.78 is 5.57. The molecule has 0 fully saturated rings. The minimum atomic E-state index is 0.416. The van der Waals surface area contributed by atoms with Crippen LogP contribution < -0.4 is 10.1 Å². The average molecular weight is 177 g/mol. The molecule has 0 bridgehead atoms. The molecule has 13 heavy (non-hydrogen) atoms. The molecule has 70 valence electrons. The van der Waals surface area contributed by atoms with E-state index in [0.29, 0.717) is 6.04 Å². The highest BCUT2D eigenvalue weighted by Gasteiger charge is 2.14. The fraction of sp³-hybridized carbons (Fsp3) is 0.455. The van der Waals surface area contributed by atoms with Crippen LogP contribution in [-0.2, 0) is 6.42 Å². The first kappa shape index (κ1) is 8.42. The van der Waals surface area contributed by atoms with E-state index < -0.39 is 0 Å². The predicted octanol–water partition coefficient (Wildman–Crippen LogP) is 2.44. The Bertz CT molecular complexity index is 309. The van der Waals surface area contributed by atoms with Crippen molar-refractivity contribution < 1.29 is 4.74 Å². The Hall–Kier alpha value is -1.18. The van der Waals surface area contributed by atoms with E-state index in [1.807, 2.05) is 6.07 Å². The van der Waals surface area contributed by atoms with Crippen molar-refractivity contribution in [1.29, 1.82) is 0 Å². The van der Waals surface area contributed by atoms with Crippen molar-refractivity contribution in [2.75, 3.05) is 11.9 Å². The van der Waals surface area contributed by atoms with Crippen LogP contribution in [0.15, 0.2) is 18.2 Å². The molecule has 0 aliphatic carbocycles. The molecule has 0 aromatic heterocycles. The van der Waals surface area contributed by atoms with Crippen molar-refractivity contribution >= 4 is 5.69 Å². The number of fused-ring (bicyclic) bond motifs is 1. The smallest absolute Gasteiger partial charge is 0.142 e. The molecule has 1 heterocycles. The van der Waals surface area contributed by atoms with Gasteiger partial charge in [0.1, 0.15) is 12.4 Å². The quantitative estimate of drug-likeness (QED) is 0.711. The molecule has 1 N–H and O–H groups in total. The number of nitrogens with one attached hydrogen (secondary N) is 1. The van der Waals surface area contributed by atoms with Gasteiger partial charge in [0.15, 0.2) is 0 Å². The summed E-state index contributed by atoms with van der Waals surface area (Å²) in [6, 6.07) is 6.76. The first-order valence-corrected chi connectivity index (χ1v) is 4.82. The highest BCUT2D eigenvalue weighted by molar-refractivity contribution is 5.59. The van der Waals surface area contributed by atoms with Gasteiger partial charge in [-0.25, -0.2) is 0 Å². The second kappa shape index (κ2) is 3.29. The Labute approximate surface area is 78.9 Å². The maximum absolute atomic E-state index is 5.57. The minimum Gasteiger partial charge on any atom is -0.489 e. The third-order valence-electron chi connectivity index (χ3n) is 2.34. The van der Waals surface area contributed by atoms with Gasteiger partial charge in [0.05, 0.1) is 11.7 Å². The van der Waals surface area contributed by atoms with Gasteiger partial charge < -0.3 is 10.1 Å². The summed E-state index contributed by atoms with van der Waals surface area (Å²) in [6.45, 7) is 5.05. The number of rotatable bonds is 1. The summed E-state index contributed by atoms with van der Waals surface area (Å²) in [4.78, 5) is 0. The fourth-order valence-corrected chi connectivity index (χ4v) is 1.56. The van der Waals surface area contributed by atoms with Gasteiger partial charge in [0.25, 0.3) is 0 Å². The lowest BCUT2D eigenvalue weighted by Crippen LogP contribution is -2.28. The van der Waals surface area contributed by atoms with E-state index in [2.05, 4.69) is 31.3 Å². The molecule has 0 spiro atoms. The van der Waals surface area contributed by atoms with Crippen molar-refractivity contribution in [2.24, 2.45) is 0 Å². The molecule has 1 aromatic rings. The van der Waals surface area contributed by atoms with Crippen LogP contribution >= 0.6 is 0 Å². The van der Waals surface area contributed by atoms with Crippen LogP contribution in [0.25, 0.3) is 0 Å². The number of hydrogen-bond acceptors (Lipinski definition) is 2. The standard InChI is InChI=1S/C11H15NO/c1-3-9-4-5-11-10(6-9)12-8(2)7-13-11/h4-6,8,12H,3,7H2,1-2H3. The Morgan fingerprint density at radius 1 is 1.54 bits per heavy atom. The Balaban J connectivity index is 2.32. The number of aryl methyl sites for hydroxylation is 1. The predicted molar refractivity (Wildman–Crippen MR) is 54.4 cm³/mol. The number of ether oxygens (including phenoxy) is 1. The third-order valence-corrected chi connectivity index (χ3v) is 2.34. The normalized spacial score (nSPS) is 20.0. The monoisotopic (exact) mass is 177 g/mol. The molecule has 1 unspecified atom stereocenters. The molecule has 1 aromatic carbocycles. The summed E-state index contributed by atoms with van der Waals surface area (Å²) in [6.07, 6.45) is 1.07. The van der Waals surface area contributed by atoms with Gasteiger partial charge in [-0.3, -0.25) is 0 Å². The third kappa shape index (κ3) is 1.62. The fourth-order valence-electron chi connectivity index (χ4n) is 1.56. The molecule has 0 saturated carbocycles. The van der Waals surface area contributed by atoms with Gasteiger partial charge in [-0.2, -0.15) is 0 Å². The summed E-state index contributed by atoms with van der Waals surface area (Å²) in [5.74, 6) is 0.982. The number of benzene rings is 1. The van der Waals surface area contributed by atoms with Crippen LogP contribution in [0, 0.1) is 0 Å². The molecule has 1 aliphatic rings. The van der Waals surface area contributed by atoms with Crippen LogP contribution in [0.5, 0.6) is 5.75 Å². The molecular formula is C11H15NO. The molecule has 2 rings (SSSR count). The van der Waals surface area contributed by atoms with Gasteiger partial charge >= 0.3 is 0 Å². The first-order valence-electron chi connectivity index (χ1n) is 4.82. The van der Waals surface area contributed by atoms with Gasteiger partial charge in [0.2, 0.25) is 0 Å². The SMILES string of the molecule is CCc1ccc2c(c1)NC(C)CO2. The molecule has 0 amide bonds. The second-order valence-electron chi connectivity index (χ2n) is 3.54. The van der Waals surface area contributed by atoms with Crippen molar-refractivity contribution in [2.45, 2.75) is 26.3 Å². The topological polar surface area (TPSA) is 21.3 Å². The van der Waals surface area contributed by atoms with E-state index in [4.69, 9.17) is 4.74 Å². The molecule has 2 heteroatoms. The van der Waals surface area contributed by atoms with Crippen molar-refractivity contribution in [3.63, 3.8) is 0 Å². The molecule has 1 aliphatic heterocycles. The van der Waals surface area contributed by atoms with E-state index in [-0.39, 0.29) is 0 Å². The van der Waals surface area contributed by atoms with Crippen molar-refractivity contribution in [3.8, 4) is 5.75 Å². The Morgan fingerprint density at radius 2 is 2.38 bits per heavy atom. The highest BCUT2D eigenvalue weighted by Crippen LogP contribution is 2.29. The van der Waals surface area contributed by atoms with Crippen LogP contribution in [0.3, 0.4) is 0 Å². The van der Waals surface area contributed by atoms with Gasteiger partial charge in [-0.1, -0.05) is 13.0 Å². The summed E-state index contributed by atoms with van der Waals surface area (Å²) in [5.41, 5.74) is 2.49. The zero-order valence-electron chi connectivity index (χ0n) is 8.13. The molecule has 0 radical (unpaired) electrons. The second-order valence-corrected chi connectivity index (χ2v) is 3.54. The van der Waals surface area contributed by atoms with E-state index in [0.717, 1.165) is 24.5 Å². The molecular weight excluding hydrogens is 162 g/mol. The van der Waals surface area contributed by atoms with Crippen LogP contribution in [0.2, 0.25) is 0 Å². The Morgan fingerprint density at radius 3 is 3.15 bits per heavy atom. The maximum atomic E-state index is 5.57. The van der Waals surface area contributed by atoms with Crippen molar-refractivity contribution in [3.05, 3.63) is 23.8 Å². The van der Waals surface area contributed by atoms with Gasteiger partial charge in [-0.15, -0.1) is 0 Å². The Kier molecular flexibility index (Phi) is 2.13. The van der Waals surface area contributed by atoms with Crippen molar-refractivity contribution in [1.82, 2.24) is 0 Å². The minimum absolute atomic E-state index is 0.416. The highest BCUT2D eigenvalue weighted by atomic mass is 16.5. The van der Waals surface area contributed by atoms with Crippen LogP contribution in [0.4, 0.5) is 5.69 Å². The van der Waals surface area contributed by atoms with E-state index in [9.17, 15) is 0 Å². The van der Waals surface area contributed by atoms with Gasteiger partial charge in [-0.05, 0) is 31.0 Å². The number of anilines is 1. The van der Waals surface area contributed by atoms with E-state index >= 15 is 0 Å². The molecule has 1 atom stereocenters. The van der Waals surface area contributed by atoms with E-state index in [1.54, 1.807) is 0 Å². The average Bonchev–Trinajstić information content (AvgIpc) is 2.16. The first-order chi connectivity index (χ1) is 6.29.